The molecule has 6 nitrogen and oxygen atoms in total. The molecule has 0 aliphatic rings. The van der Waals surface area contributed by atoms with E-state index in [4.69, 9.17) is 5.11 Å². The number of aromatic nitrogens is 1. The number of amides is 1. The number of carbonyl (C=O) groups excluding carboxylic acids is 1. The van der Waals surface area contributed by atoms with E-state index < -0.39 is 11.8 Å². The molecule has 3 aromatic rings. The number of hydrogen-bond acceptors (Lipinski definition) is 4. The van der Waals surface area contributed by atoms with Crippen molar-refractivity contribution in [1.29, 1.82) is 0 Å². The smallest absolute Gasteiger partial charge is 0.335 e. The first-order valence-corrected chi connectivity index (χ1v) is 9.78. The van der Waals surface area contributed by atoms with E-state index in [1.54, 1.807) is 30.3 Å². The summed E-state index contributed by atoms with van der Waals surface area (Å²) in [6.45, 7) is 0.366. The highest BCUT2D eigenvalue weighted by Crippen LogP contribution is 2.23. The van der Waals surface area contributed by atoms with Gasteiger partial charge in [0.1, 0.15) is 5.82 Å². The molecule has 3 N–H and O–H groups in total. The summed E-state index contributed by atoms with van der Waals surface area (Å²) in [4.78, 5) is 27.5. The molecule has 0 fully saturated rings. The van der Waals surface area contributed by atoms with Gasteiger partial charge in [0.2, 0.25) is 0 Å². The van der Waals surface area contributed by atoms with Gasteiger partial charge in [-0.2, -0.15) is 0 Å². The van der Waals surface area contributed by atoms with Crippen LogP contribution in [0.3, 0.4) is 0 Å². The van der Waals surface area contributed by atoms with Crippen LogP contribution in [0.2, 0.25) is 0 Å². The molecule has 3 rings (SSSR count). The van der Waals surface area contributed by atoms with E-state index >= 15 is 0 Å². The van der Waals surface area contributed by atoms with E-state index in [2.05, 4.69) is 15.6 Å². The van der Waals surface area contributed by atoms with Gasteiger partial charge in [0.05, 0.1) is 28.7 Å². The van der Waals surface area contributed by atoms with Crippen molar-refractivity contribution in [1.82, 2.24) is 10.3 Å². The topological polar surface area (TPSA) is 91.3 Å². The lowest BCUT2D eigenvalue weighted by Gasteiger charge is -2.12. The minimum Gasteiger partial charge on any atom is -0.478 e. The second kappa shape index (κ2) is 9.46. The summed E-state index contributed by atoms with van der Waals surface area (Å²) in [7, 11) is 0. The molecule has 0 spiro atoms. The highest BCUT2D eigenvalue weighted by atomic mass is 127. The molecule has 1 amide bonds. The number of nitrogens with zero attached hydrogens (tertiary/aromatic N) is 1. The van der Waals surface area contributed by atoms with E-state index in [9.17, 15) is 14.0 Å². The number of carboxylic acid groups (broad SMARTS) is 1. The van der Waals surface area contributed by atoms with Crippen LogP contribution >= 0.6 is 22.6 Å². The number of nitrogens with one attached hydrogen (secondary N) is 2. The van der Waals surface area contributed by atoms with Gasteiger partial charge in [-0.05, 0) is 71.0 Å². The summed E-state index contributed by atoms with van der Waals surface area (Å²) in [5, 5.41) is 14.7. The van der Waals surface area contributed by atoms with Gasteiger partial charge >= 0.3 is 5.97 Å². The minimum absolute atomic E-state index is 0.216. The van der Waals surface area contributed by atoms with E-state index in [0.29, 0.717) is 24.2 Å². The first kappa shape index (κ1) is 20.7. The van der Waals surface area contributed by atoms with Crippen molar-refractivity contribution in [3.05, 3.63) is 87.0 Å². The van der Waals surface area contributed by atoms with Crippen molar-refractivity contribution in [2.24, 2.45) is 0 Å². The number of anilines is 2. The molecular formula is C21H17FIN3O3. The monoisotopic (exact) mass is 505 g/mol. The summed E-state index contributed by atoms with van der Waals surface area (Å²) >= 11 is 2.02. The van der Waals surface area contributed by atoms with Crippen LogP contribution in [0.15, 0.2) is 60.9 Å². The van der Waals surface area contributed by atoms with Crippen molar-refractivity contribution in [2.45, 2.75) is 6.42 Å². The Morgan fingerprint density at radius 2 is 1.83 bits per heavy atom. The van der Waals surface area contributed by atoms with E-state index in [-0.39, 0.29) is 17.2 Å². The van der Waals surface area contributed by atoms with Gasteiger partial charge in [-0.25, -0.2) is 9.18 Å². The largest absolute Gasteiger partial charge is 0.478 e. The second-order valence-corrected chi connectivity index (χ2v) is 7.42. The average Bonchev–Trinajstić information content (AvgIpc) is 2.71. The second-order valence-electron chi connectivity index (χ2n) is 6.18. The van der Waals surface area contributed by atoms with Crippen molar-refractivity contribution >= 4 is 45.8 Å². The Morgan fingerprint density at radius 3 is 2.52 bits per heavy atom. The maximum atomic E-state index is 14.1. The van der Waals surface area contributed by atoms with E-state index in [1.165, 1.54) is 30.6 Å². The van der Waals surface area contributed by atoms with Crippen LogP contribution in [0.5, 0.6) is 0 Å². The zero-order valence-electron chi connectivity index (χ0n) is 15.2. The normalized spacial score (nSPS) is 10.4. The Morgan fingerprint density at radius 1 is 1.07 bits per heavy atom. The molecule has 0 bridgehead atoms. The summed E-state index contributed by atoms with van der Waals surface area (Å²) in [6, 6.07) is 12.8. The van der Waals surface area contributed by atoms with Crippen LogP contribution < -0.4 is 10.6 Å². The fraction of sp³-hybridized carbons (Fsp3) is 0.0952. The maximum Gasteiger partial charge on any atom is 0.335 e. The molecule has 29 heavy (non-hydrogen) atoms. The molecule has 2 aromatic carbocycles. The standard InChI is InChI=1S/C21H17FIN3O3/c22-17-11-15(23)5-6-18(17)26-19-12-24-9-8-16(19)20(27)25-10-7-13-1-3-14(4-2-13)21(28)29/h1-6,8-9,11-12,26H,7,10H2,(H,25,27)(H,28,29). The van der Waals surface area contributed by atoms with Gasteiger partial charge < -0.3 is 15.7 Å². The Bertz CT molecular complexity index is 1040. The Balaban J connectivity index is 1.64. The predicted octanol–water partition coefficient (Wildman–Crippen LogP) is 4.24. The van der Waals surface area contributed by atoms with Crippen LogP contribution in [-0.4, -0.2) is 28.5 Å². The molecule has 0 unspecified atom stereocenters. The molecule has 0 radical (unpaired) electrons. The van der Waals surface area contributed by atoms with Crippen molar-refractivity contribution in [2.75, 3.05) is 11.9 Å². The highest BCUT2D eigenvalue weighted by Gasteiger charge is 2.13. The number of pyridine rings is 1. The van der Waals surface area contributed by atoms with Gasteiger partial charge in [0.15, 0.2) is 0 Å². The number of hydrogen-bond donors (Lipinski definition) is 3. The SMILES string of the molecule is O=C(O)c1ccc(CCNC(=O)c2ccncc2Nc2ccc(I)cc2F)cc1. The predicted molar refractivity (Wildman–Crippen MR) is 116 cm³/mol. The van der Waals surface area contributed by atoms with Gasteiger partial charge in [-0.3, -0.25) is 9.78 Å². The van der Waals surface area contributed by atoms with Crippen molar-refractivity contribution in [3.63, 3.8) is 0 Å². The molecule has 1 aromatic heterocycles. The average molecular weight is 505 g/mol. The lowest BCUT2D eigenvalue weighted by Crippen LogP contribution is -2.26. The zero-order chi connectivity index (χ0) is 20.8. The first-order chi connectivity index (χ1) is 13.9. The van der Waals surface area contributed by atoms with Crippen LogP contribution in [0, 0.1) is 9.39 Å². The summed E-state index contributed by atoms with van der Waals surface area (Å²) in [6.07, 6.45) is 3.51. The molecular weight excluding hydrogens is 488 g/mol. The third kappa shape index (κ3) is 5.50. The summed E-state index contributed by atoms with van der Waals surface area (Å²) in [5.74, 6) is -1.72. The number of carbonyl (C=O) groups is 2. The quantitative estimate of drug-likeness (QED) is 0.418. The molecule has 8 heteroatoms. The Labute approximate surface area is 180 Å². The highest BCUT2D eigenvalue weighted by molar-refractivity contribution is 14.1. The molecule has 0 aliphatic carbocycles. The van der Waals surface area contributed by atoms with Crippen LogP contribution in [0.1, 0.15) is 26.3 Å². The van der Waals surface area contributed by atoms with Crippen molar-refractivity contribution in [3.8, 4) is 0 Å². The van der Waals surface area contributed by atoms with E-state index in [0.717, 1.165) is 9.13 Å². The minimum atomic E-state index is -0.980. The molecule has 0 saturated carbocycles. The fourth-order valence-electron chi connectivity index (χ4n) is 2.66. The number of aromatic carboxylic acids is 1. The first-order valence-electron chi connectivity index (χ1n) is 8.70. The number of benzene rings is 2. The maximum absolute atomic E-state index is 14.1. The van der Waals surface area contributed by atoms with Crippen LogP contribution in [0.25, 0.3) is 0 Å². The van der Waals surface area contributed by atoms with Crippen LogP contribution in [-0.2, 0) is 6.42 Å². The summed E-state index contributed by atoms with van der Waals surface area (Å²) < 4.78 is 14.9. The number of carboxylic acids is 1. The molecule has 0 saturated heterocycles. The van der Waals surface area contributed by atoms with Gasteiger partial charge in [-0.15, -0.1) is 0 Å². The summed E-state index contributed by atoms with van der Waals surface area (Å²) in [5.41, 5.74) is 2.12. The van der Waals surface area contributed by atoms with E-state index in [1.807, 2.05) is 22.6 Å². The van der Waals surface area contributed by atoms with Gasteiger partial charge in [0.25, 0.3) is 5.91 Å². The third-order valence-electron chi connectivity index (χ3n) is 4.17. The van der Waals surface area contributed by atoms with Gasteiger partial charge in [0, 0.05) is 16.3 Å². The zero-order valence-corrected chi connectivity index (χ0v) is 17.3. The lowest BCUT2D eigenvalue weighted by atomic mass is 10.1. The Kier molecular flexibility index (Phi) is 6.76. The number of halogens is 2. The molecule has 0 aliphatic heterocycles. The molecule has 1 heterocycles. The lowest BCUT2D eigenvalue weighted by molar-refractivity contribution is 0.0696. The third-order valence-corrected chi connectivity index (χ3v) is 4.84. The molecule has 0 atom stereocenters. The Hall–Kier alpha value is -3.01. The van der Waals surface area contributed by atoms with Crippen LogP contribution in [0.4, 0.5) is 15.8 Å². The number of rotatable bonds is 7. The fourth-order valence-corrected chi connectivity index (χ4v) is 3.11. The molecule has 148 valence electrons. The van der Waals surface area contributed by atoms with Gasteiger partial charge in [-0.1, -0.05) is 12.1 Å². The van der Waals surface area contributed by atoms with Crippen molar-refractivity contribution < 1.29 is 19.1 Å².